The van der Waals surface area contributed by atoms with E-state index < -0.39 is 0 Å². The molecule has 0 aliphatic carbocycles. The van der Waals surface area contributed by atoms with Gasteiger partial charge in [0.15, 0.2) is 0 Å². The molecule has 2 aromatic rings. The fourth-order valence-electron chi connectivity index (χ4n) is 5.03. The summed E-state index contributed by atoms with van der Waals surface area (Å²) in [5, 5.41) is 9.98. The molecule has 1 N–H and O–H groups in total. The van der Waals surface area contributed by atoms with Crippen LogP contribution in [0.1, 0.15) is 31.4 Å². The van der Waals surface area contributed by atoms with Crippen LogP contribution >= 0.6 is 0 Å². The van der Waals surface area contributed by atoms with Crippen LogP contribution in [0.15, 0.2) is 54.6 Å². The van der Waals surface area contributed by atoms with Crippen LogP contribution in [-0.4, -0.2) is 53.7 Å². The molecule has 0 aromatic heterocycles. The monoisotopic (exact) mass is 364 g/mol. The summed E-state index contributed by atoms with van der Waals surface area (Å²) in [6.45, 7) is 10.6. The molecule has 144 valence electrons. The van der Waals surface area contributed by atoms with Crippen LogP contribution in [0.3, 0.4) is 0 Å². The summed E-state index contributed by atoms with van der Waals surface area (Å²) in [5.41, 5.74) is 2.85. The number of hydrogen-bond acceptors (Lipinski definition) is 3. The molecule has 27 heavy (non-hydrogen) atoms. The topological polar surface area (TPSA) is 26.7 Å². The van der Waals surface area contributed by atoms with Crippen molar-refractivity contribution in [2.24, 2.45) is 5.92 Å². The number of nitrogens with zero attached hydrogens (tertiary/aromatic N) is 2. The zero-order chi connectivity index (χ0) is 18.9. The number of piperidine rings is 1. The molecular weight excluding hydrogens is 332 g/mol. The summed E-state index contributed by atoms with van der Waals surface area (Å²) < 4.78 is 0. The van der Waals surface area contributed by atoms with Crippen molar-refractivity contribution in [2.45, 2.75) is 38.1 Å². The Morgan fingerprint density at radius 2 is 1.85 bits per heavy atom. The number of piperazine rings is 1. The quantitative estimate of drug-likeness (QED) is 0.891. The molecule has 3 nitrogen and oxygen atoms in total. The molecule has 3 atom stereocenters. The Hall–Kier alpha value is -1.84. The lowest BCUT2D eigenvalue weighted by Gasteiger charge is -2.53. The van der Waals surface area contributed by atoms with Crippen molar-refractivity contribution in [1.82, 2.24) is 9.80 Å². The average Bonchev–Trinajstić information content (AvgIpc) is 2.68. The maximum absolute atomic E-state index is 9.98. The normalized spacial score (nSPS) is 29.4. The molecule has 2 aromatic carbocycles. The minimum absolute atomic E-state index is 0.127. The van der Waals surface area contributed by atoms with Gasteiger partial charge < -0.3 is 10.0 Å². The first kappa shape index (κ1) is 18.5. The van der Waals surface area contributed by atoms with E-state index in [2.05, 4.69) is 60.0 Å². The molecule has 0 saturated carbocycles. The fourth-order valence-corrected chi connectivity index (χ4v) is 5.03. The highest BCUT2D eigenvalue weighted by atomic mass is 16.3. The van der Waals surface area contributed by atoms with Gasteiger partial charge in [-0.05, 0) is 47.4 Å². The Morgan fingerprint density at radius 1 is 1.04 bits per heavy atom. The highest BCUT2D eigenvalue weighted by molar-refractivity contribution is 5.34. The van der Waals surface area contributed by atoms with Crippen LogP contribution in [0.2, 0.25) is 0 Å². The Bertz CT molecular complexity index is 762. The van der Waals surface area contributed by atoms with E-state index in [-0.39, 0.29) is 5.41 Å². The van der Waals surface area contributed by atoms with Crippen molar-refractivity contribution in [3.63, 3.8) is 0 Å². The van der Waals surface area contributed by atoms with Gasteiger partial charge in [-0.2, -0.15) is 0 Å². The number of phenols is 1. The van der Waals surface area contributed by atoms with Crippen LogP contribution in [0.25, 0.3) is 0 Å². The standard InChI is InChI=1S/C24H32N2O/c1-19-17-26-14-13-25(12-11-20-7-4-3-5-8-20)18-22(26)16-24(19,2)21-9-6-10-23(27)15-21/h3-10,15,19,22,27H,11-14,16-18H2,1-2H3/t19?,22?,24-/m1/s1. The second kappa shape index (κ2) is 7.65. The number of rotatable bonds is 4. The van der Waals surface area contributed by atoms with Gasteiger partial charge in [-0.1, -0.05) is 56.3 Å². The van der Waals surface area contributed by atoms with E-state index in [0.29, 0.717) is 17.7 Å². The molecule has 2 aliphatic heterocycles. The van der Waals surface area contributed by atoms with E-state index in [0.717, 1.165) is 26.1 Å². The van der Waals surface area contributed by atoms with Crippen molar-refractivity contribution < 1.29 is 5.11 Å². The van der Waals surface area contributed by atoms with E-state index in [4.69, 9.17) is 0 Å². The first-order valence-electron chi connectivity index (χ1n) is 10.3. The summed E-state index contributed by atoms with van der Waals surface area (Å²) in [4.78, 5) is 5.35. The van der Waals surface area contributed by atoms with Crippen molar-refractivity contribution in [2.75, 3.05) is 32.7 Å². The van der Waals surface area contributed by atoms with Gasteiger partial charge in [0.1, 0.15) is 5.75 Å². The smallest absolute Gasteiger partial charge is 0.115 e. The van der Waals surface area contributed by atoms with E-state index in [1.165, 1.54) is 30.6 Å². The largest absolute Gasteiger partial charge is 0.508 e. The first-order valence-corrected chi connectivity index (χ1v) is 10.3. The number of hydrogen-bond donors (Lipinski definition) is 1. The highest BCUT2D eigenvalue weighted by Gasteiger charge is 2.44. The predicted molar refractivity (Wildman–Crippen MR) is 111 cm³/mol. The molecule has 2 fully saturated rings. The molecule has 2 saturated heterocycles. The maximum atomic E-state index is 9.98. The van der Waals surface area contributed by atoms with Gasteiger partial charge in [-0.15, -0.1) is 0 Å². The van der Waals surface area contributed by atoms with Gasteiger partial charge in [-0.3, -0.25) is 4.90 Å². The zero-order valence-corrected chi connectivity index (χ0v) is 16.6. The number of aromatic hydroxyl groups is 1. The van der Waals surface area contributed by atoms with Crippen molar-refractivity contribution in [3.8, 4) is 5.75 Å². The Labute approximate surface area is 163 Å². The third kappa shape index (κ3) is 3.90. The zero-order valence-electron chi connectivity index (χ0n) is 16.6. The van der Waals surface area contributed by atoms with Crippen LogP contribution < -0.4 is 0 Å². The molecule has 2 heterocycles. The molecule has 2 unspecified atom stereocenters. The lowest BCUT2D eigenvalue weighted by Crippen LogP contribution is -2.61. The second-order valence-corrected chi connectivity index (χ2v) is 8.76. The van der Waals surface area contributed by atoms with Gasteiger partial charge in [0, 0.05) is 38.8 Å². The lowest BCUT2D eigenvalue weighted by molar-refractivity contribution is -0.00278. The number of benzene rings is 2. The average molecular weight is 365 g/mol. The third-order valence-corrected chi connectivity index (χ3v) is 7.01. The molecule has 0 radical (unpaired) electrons. The second-order valence-electron chi connectivity index (χ2n) is 8.76. The van der Waals surface area contributed by atoms with Gasteiger partial charge in [0.2, 0.25) is 0 Å². The first-order chi connectivity index (χ1) is 13.0. The van der Waals surface area contributed by atoms with Crippen LogP contribution in [0, 0.1) is 5.92 Å². The Balaban J connectivity index is 1.44. The molecule has 3 heteroatoms. The predicted octanol–water partition coefficient (Wildman–Crippen LogP) is 3.92. The minimum Gasteiger partial charge on any atom is -0.508 e. The summed E-state index contributed by atoms with van der Waals surface area (Å²) in [5.74, 6) is 0.975. The molecular formula is C24H32N2O. The van der Waals surface area contributed by atoms with E-state index in [1.54, 1.807) is 6.07 Å². The minimum atomic E-state index is 0.127. The molecule has 0 spiro atoms. The van der Waals surface area contributed by atoms with Crippen molar-refractivity contribution in [1.29, 1.82) is 0 Å². The Morgan fingerprint density at radius 3 is 2.63 bits per heavy atom. The van der Waals surface area contributed by atoms with Crippen LogP contribution in [0.5, 0.6) is 5.75 Å². The maximum Gasteiger partial charge on any atom is 0.115 e. The van der Waals surface area contributed by atoms with Gasteiger partial charge in [0.05, 0.1) is 0 Å². The third-order valence-electron chi connectivity index (χ3n) is 7.01. The van der Waals surface area contributed by atoms with E-state index >= 15 is 0 Å². The Kier molecular flexibility index (Phi) is 5.25. The summed E-state index contributed by atoms with van der Waals surface area (Å²) in [6.07, 6.45) is 2.30. The molecule has 2 aliphatic rings. The summed E-state index contributed by atoms with van der Waals surface area (Å²) >= 11 is 0. The summed E-state index contributed by atoms with van der Waals surface area (Å²) in [6, 6.07) is 19.4. The molecule has 0 bridgehead atoms. The van der Waals surface area contributed by atoms with E-state index in [1.807, 2.05) is 12.1 Å². The SMILES string of the molecule is CC1CN2CCN(CCc3ccccc3)CC2C[C@@]1(C)c1cccc(O)c1. The van der Waals surface area contributed by atoms with Crippen LogP contribution in [-0.2, 0) is 11.8 Å². The fraction of sp³-hybridized carbons (Fsp3) is 0.500. The highest BCUT2D eigenvalue weighted by Crippen LogP contribution is 2.43. The van der Waals surface area contributed by atoms with Gasteiger partial charge in [0.25, 0.3) is 0 Å². The summed E-state index contributed by atoms with van der Waals surface area (Å²) in [7, 11) is 0. The van der Waals surface area contributed by atoms with Crippen molar-refractivity contribution in [3.05, 3.63) is 65.7 Å². The van der Waals surface area contributed by atoms with Crippen LogP contribution in [0.4, 0.5) is 0 Å². The lowest BCUT2D eigenvalue weighted by atomic mass is 9.65. The molecule has 0 amide bonds. The van der Waals surface area contributed by atoms with E-state index in [9.17, 15) is 5.11 Å². The number of phenolic OH excluding ortho intramolecular Hbond substituents is 1. The van der Waals surface area contributed by atoms with Crippen molar-refractivity contribution >= 4 is 0 Å². The number of fused-ring (bicyclic) bond motifs is 1. The van der Waals surface area contributed by atoms with Gasteiger partial charge in [-0.25, -0.2) is 0 Å². The van der Waals surface area contributed by atoms with Gasteiger partial charge >= 0.3 is 0 Å². The molecule has 4 rings (SSSR count).